The van der Waals surface area contributed by atoms with Crippen LogP contribution >= 0.6 is 24.0 Å². The summed E-state index contributed by atoms with van der Waals surface area (Å²) >= 11 is 6.43. The quantitative estimate of drug-likeness (QED) is 0.623. The highest BCUT2D eigenvalue weighted by Gasteiger charge is 2.27. The van der Waals surface area contributed by atoms with Gasteiger partial charge in [-0.05, 0) is 18.2 Å². The van der Waals surface area contributed by atoms with Gasteiger partial charge in [-0.25, -0.2) is 0 Å². The van der Waals surface area contributed by atoms with Gasteiger partial charge in [-0.2, -0.15) is 0 Å². The minimum atomic E-state index is -0.0422. The third kappa shape index (κ3) is 3.03. The minimum Gasteiger partial charge on any atom is -0.486 e. The van der Waals surface area contributed by atoms with Crippen LogP contribution in [-0.4, -0.2) is 46.4 Å². The molecule has 1 amide bonds. The molecule has 2 aliphatic heterocycles. The SMILES string of the molecule is O=C(CCN1C(=O)CSC1=S)c1ccc2c(c1)OCCO2. The van der Waals surface area contributed by atoms with E-state index in [-0.39, 0.29) is 18.1 Å². The van der Waals surface area contributed by atoms with Crippen molar-refractivity contribution in [3.05, 3.63) is 23.8 Å². The van der Waals surface area contributed by atoms with Gasteiger partial charge in [0.05, 0.1) is 5.75 Å². The highest BCUT2D eigenvalue weighted by atomic mass is 32.2. The average Bonchev–Trinajstić information content (AvgIpc) is 2.83. The average molecular weight is 323 g/mol. The van der Waals surface area contributed by atoms with Gasteiger partial charge in [0.2, 0.25) is 5.91 Å². The van der Waals surface area contributed by atoms with Crippen LogP contribution in [0.25, 0.3) is 0 Å². The van der Waals surface area contributed by atoms with Crippen molar-refractivity contribution in [1.82, 2.24) is 4.90 Å². The standard InChI is InChI=1S/C14H13NO4S2/c16-10(3-4-15-13(17)8-21-14(15)20)9-1-2-11-12(7-9)19-6-5-18-11/h1-2,7H,3-6,8H2. The van der Waals surface area contributed by atoms with Crippen molar-refractivity contribution < 1.29 is 19.1 Å². The number of nitrogens with zero attached hydrogens (tertiary/aromatic N) is 1. The summed E-state index contributed by atoms with van der Waals surface area (Å²) in [4.78, 5) is 25.3. The maximum atomic E-state index is 12.2. The molecule has 21 heavy (non-hydrogen) atoms. The van der Waals surface area contributed by atoms with E-state index in [1.165, 1.54) is 16.7 Å². The van der Waals surface area contributed by atoms with Crippen molar-refractivity contribution in [2.75, 3.05) is 25.5 Å². The molecule has 0 unspecified atom stereocenters. The summed E-state index contributed by atoms with van der Waals surface area (Å²) in [5.74, 6) is 1.55. The van der Waals surface area contributed by atoms with Crippen molar-refractivity contribution in [2.24, 2.45) is 0 Å². The number of thioether (sulfide) groups is 1. The summed E-state index contributed by atoms with van der Waals surface area (Å²) in [6, 6.07) is 5.15. The molecule has 0 aromatic heterocycles. The number of carbonyl (C=O) groups is 2. The van der Waals surface area contributed by atoms with Gasteiger partial charge in [-0.15, -0.1) is 0 Å². The van der Waals surface area contributed by atoms with Crippen molar-refractivity contribution in [2.45, 2.75) is 6.42 Å². The molecule has 1 fully saturated rings. The van der Waals surface area contributed by atoms with Gasteiger partial charge in [0, 0.05) is 18.5 Å². The Morgan fingerprint density at radius 3 is 2.76 bits per heavy atom. The molecule has 7 heteroatoms. The van der Waals surface area contributed by atoms with Crippen LogP contribution in [0, 0.1) is 0 Å². The Kier molecular flexibility index (Phi) is 4.12. The van der Waals surface area contributed by atoms with Gasteiger partial charge in [0.25, 0.3) is 0 Å². The molecule has 1 aromatic rings. The number of benzene rings is 1. The van der Waals surface area contributed by atoms with Gasteiger partial charge < -0.3 is 9.47 Å². The smallest absolute Gasteiger partial charge is 0.238 e. The lowest BCUT2D eigenvalue weighted by Gasteiger charge is -2.19. The van der Waals surface area contributed by atoms with E-state index in [0.29, 0.717) is 46.9 Å². The Hall–Kier alpha value is -1.60. The van der Waals surface area contributed by atoms with Crippen LogP contribution in [0.2, 0.25) is 0 Å². The van der Waals surface area contributed by atoms with Crippen LogP contribution in [0.1, 0.15) is 16.8 Å². The van der Waals surface area contributed by atoms with Crippen molar-refractivity contribution in [3.63, 3.8) is 0 Å². The molecule has 0 aliphatic carbocycles. The molecule has 0 radical (unpaired) electrons. The molecule has 1 aromatic carbocycles. The first-order valence-electron chi connectivity index (χ1n) is 6.55. The third-order valence-corrected chi connectivity index (χ3v) is 4.70. The van der Waals surface area contributed by atoms with E-state index in [9.17, 15) is 9.59 Å². The van der Waals surface area contributed by atoms with E-state index >= 15 is 0 Å². The lowest BCUT2D eigenvalue weighted by molar-refractivity contribution is -0.123. The molecular formula is C14H13NO4S2. The molecule has 2 aliphatic rings. The largest absolute Gasteiger partial charge is 0.486 e. The maximum Gasteiger partial charge on any atom is 0.238 e. The second-order valence-corrected chi connectivity index (χ2v) is 6.24. The number of hydrogen-bond acceptors (Lipinski definition) is 6. The zero-order chi connectivity index (χ0) is 14.8. The van der Waals surface area contributed by atoms with E-state index in [4.69, 9.17) is 21.7 Å². The number of amides is 1. The maximum absolute atomic E-state index is 12.2. The number of ketones is 1. The summed E-state index contributed by atoms with van der Waals surface area (Å²) in [7, 11) is 0. The Labute approximate surface area is 131 Å². The van der Waals surface area contributed by atoms with Crippen LogP contribution in [-0.2, 0) is 4.79 Å². The van der Waals surface area contributed by atoms with E-state index in [2.05, 4.69) is 0 Å². The first-order valence-corrected chi connectivity index (χ1v) is 7.94. The van der Waals surface area contributed by atoms with Gasteiger partial charge >= 0.3 is 0 Å². The summed E-state index contributed by atoms with van der Waals surface area (Å²) < 4.78 is 11.4. The third-order valence-electron chi connectivity index (χ3n) is 3.27. The number of fused-ring (bicyclic) bond motifs is 1. The zero-order valence-corrected chi connectivity index (χ0v) is 12.8. The molecule has 1 saturated heterocycles. The lowest BCUT2D eigenvalue weighted by atomic mass is 10.1. The first kappa shape index (κ1) is 14.3. The number of thiocarbonyl (C=S) groups is 1. The fourth-order valence-corrected chi connectivity index (χ4v) is 3.29. The molecule has 0 atom stereocenters. The fraction of sp³-hybridized carbons (Fsp3) is 0.357. The molecule has 2 heterocycles. The monoisotopic (exact) mass is 323 g/mol. The van der Waals surface area contributed by atoms with Gasteiger partial charge in [-0.3, -0.25) is 14.5 Å². The van der Waals surface area contributed by atoms with E-state index in [1.807, 2.05) is 0 Å². The predicted molar refractivity (Wildman–Crippen MR) is 83.1 cm³/mol. The number of rotatable bonds is 4. The zero-order valence-electron chi connectivity index (χ0n) is 11.2. The molecule has 0 N–H and O–H groups in total. The van der Waals surface area contributed by atoms with Crippen LogP contribution in [0.4, 0.5) is 0 Å². The summed E-state index contributed by atoms with van der Waals surface area (Å²) in [5.41, 5.74) is 0.560. The fourth-order valence-electron chi connectivity index (χ4n) is 2.17. The number of Topliss-reactive ketones (excluding diaryl/α,β-unsaturated/α-hetero) is 1. The molecule has 110 valence electrons. The molecule has 5 nitrogen and oxygen atoms in total. The number of ether oxygens (including phenoxy) is 2. The predicted octanol–water partition coefficient (Wildman–Crippen LogP) is 1.89. The van der Waals surface area contributed by atoms with E-state index in [0.717, 1.165) is 0 Å². The molecule has 0 bridgehead atoms. The summed E-state index contributed by atoms with van der Waals surface area (Å²) in [6.45, 7) is 1.34. The van der Waals surface area contributed by atoms with Crippen LogP contribution < -0.4 is 9.47 Å². The Balaban J connectivity index is 1.65. The molecule has 3 rings (SSSR count). The highest BCUT2D eigenvalue weighted by Crippen LogP contribution is 2.31. The van der Waals surface area contributed by atoms with Gasteiger partial charge in [0.1, 0.15) is 17.5 Å². The van der Waals surface area contributed by atoms with Crippen LogP contribution in [0.3, 0.4) is 0 Å². The van der Waals surface area contributed by atoms with Crippen molar-refractivity contribution in [3.8, 4) is 11.5 Å². The van der Waals surface area contributed by atoms with Crippen molar-refractivity contribution >= 4 is 40.0 Å². The number of carbonyl (C=O) groups excluding carboxylic acids is 2. The molecule has 0 spiro atoms. The van der Waals surface area contributed by atoms with E-state index < -0.39 is 0 Å². The Morgan fingerprint density at radius 1 is 1.29 bits per heavy atom. The minimum absolute atomic E-state index is 0.0278. The number of hydrogen-bond donors (Lipinski definition) is 0. The Morgan fingerprint density at radius 2 is 2.05 bits per heavy atom. The normalized spacial score (nSPS) is 17.2. The first-order chi connectivity index (χ1) is 10.1. The topological polar surface area (TPSA) is 55.8 Å². The van der Waals surface area contributed by atoms with Crippen LogP contribution in [0.15, 0.2) is 18.2 Å². The summed E-state index contributed by atoms with van der Waals surface area (Å²) in [6.07, 6.45) is 0.242. The lowest BCUT2D eigenvalue weighted by Crippen LogP contribution is -2.30. The second-order valence-electron chi connectivity index (χ2n) is 4.63. The van der Waals surface area contributed by atoms with Gasteiger partial charge in [0.15, 0.2) is 17.3 Å². The molecule has 0 saturated carbocycles. The van der Waals surface area contributed by atoms with Crippen LogP contribution in [0.5, 0.6) is 11.5 Å². The Bertz CT molecular complexity index is 601. The van der Waals surface area contributed by atoms with E-state index in [1.54, 1.807) is 18.2 Å². The van der Waals surface area contributed by atoms with Gasteiger partial charge in [-0.1, -0.05) is 24.0 Å². The second kappa shape index (κ2) is 6.03. The summed E-state index contributed by atoms with van der Waals surface area (Å²) in [5, 5.41) is 0. The molecular weight excluding hydrogens is 310 g/mol. The van der Waals surface area contributed by atoms with Crippen molar-refractivity contribution in [1.29, 1.82) is 0 Å². The highest BCUT2D eigenvalue weighted by molar-refractivity contribution is 8.23.